The predicted octanol–water partition coefficient (Wildman–Crippen LogP) is 6.01. The Hall–Kier alpha value is -4.41. The quantitative estimate of drug-likeness (QED) is 0.231. The predicted molar refractivity (Wildman–Crippen MR) is 129 cm³/mol. The number of hydrogen-bond acceptors (Lipinski definition) is 5. The molecule has 0 saturated carbocycles. The Morgan fingerprint density at radius 3 is 2.58 bits per heavy atom. The van der Waals surface area contributed by atoms with Crippen LogP contribution in [0.2, 0.25) is 0 Å². The molecule has 36 heavy (non-hydrogen) atoms. The molecule has 1 amide bonds. The number of nitrogens with zero attached hydrogens (tertiary/aromatic N) is 2. The zero-order valence-electron chi connectivity index (χ0n) is 18.9. The summed E-state index contributed by atoms with van der Waals surface area (Å²) in [6.07, 6.45) is 2.26. The third-order valence-corrected chi connectivity index (χ3v) is 5.61. The van der Waals surface area contributed by atoms with Crippen LogP contribution in [0.25, 0.3) is 17.3 Å². The summed E-state index contributed by atoms with van der Waals surface area (Å²) in [5.74, 6) is 0.588. The Labute approximate surface area is 208 Å². The van der Waals surface area contributed by atoms with Crippen LogP contribution >= 0.6 is 11.3 Å². The van der Waals surface area contributed by atoms with Gasteiger partial charge in [-0.25, -0.2) is 22.9 Å². The molecule has 3 rings (SSSR count). The van der Waals surface area contributed by atoms with E-state index in [0.717, 1.165) is 29.5 Å². The number of unbranched alkanes of at least 4 members (excludes halogenated alkanes) is 2. The highest BCUT2D eigenvalue weighted by molar-refractivity contribution is 7.14. The smallest absolute Gasteiger partial charge is 0.331 e. The second-order valence-corrected chi connectivity index (χ2v) is 8.32. The lowest BCUT2D eigenvalue weighted by atomic mass is 10.1. The minimum absolute atomic E-state index is 0.0777. The van der Waals surface area contributed by atoms with Crippen molar-refractivity contribution in [3.63, 3.8) is 0 Å². The van der Waals surface area contributed by atoms with Crippen LogP contribution in [-0.4, -0.2) is 22.0 Å². The van der Waals surface area contributed by atoms with Crippen molar-refractivity contribution in [3.8, 4) is 29.2 Å². The van der Waals surface area contributed by atoms with Gasteiger partial charge in [0.15, 0.2) is 5.13 Å². The van der Waals surface area contributed by atoms with E-state index in [1.807, 2.05) is 6.07 Å². The Bertz CT molecular complexity index is 1440. The van der Waals surface area contributed by atoms with Crippen LogP contribution < -0.4 is 5.32 Å². The van der Waals surface area contributed by atoms with Crippen molar-refractivity contribution in [1.82, 2.24) is 4.98 Å². The van der Waals surface area contributed by atoms with Crippen molar-refractivity contribution < 1.29 is 27.9 Å². The first-order valence-corrected chi connectivity index (χ1v) is 11.4. The third-order valence-electron chi connectivity index (χ3n) is 4.85. The molecule has 0 saturated heterocycles. The zero-order chi connectivity index (χ0) is 26.2. The molecule has 0 fully saturated rings. The summed E-state index contributed by atoms with van der Waals surface area (Å²) in [5, 5.41) is 21.5. The van der Waals surface area contributed by atoms with Gasteiger partial charge in [-0.3, -0.25) is 10.1 Å². The maximum absolute atomic E-state index is 14.9. The average Bonchev–Trinajstić information content (AvgIpc) is 3.29. The monoisotopic (exact) mass is 509 g/mol. The second kappa shape index (κ2) is 11.8. The fourth-order valence-electron chi connectivity index (χ4n) is 3.00. The average molecular weight is 510 g/mol. The number of amides is 1. The Morgan fingerprint density at radius 2 is 1.92 bits per heavy atom. The van der Waals surface area contributed by atoms with Crippen LogP contribution in [0, 0.1) is 40.6 Å². The number of carboxylic acid groups (broad SMARTS) is 1. The number of aliphatic carboxylic acids is 1. The molecule has 1 heterocycles. The number of anilines is 1. The lowest BCUT2D eigenvalue weighted by Crippen LogP contribution is -2.13. The van der Waals surface area contributed by atoms with Gasteiger partial charge >= 0.3 is 5.97 Å². The summed E-state index contributed by atoms with van der Waals surface area (Å²) < 4.78 is 43.6. The molecular formula is C26H18F3N3O3S. The van der Waals surface area contributed by atoms with E-state index in [9.17, 15) is 22.8 Å². The van der Waals surface area contributed by atoms with E-state index in [0.29, 0.717) is 19.3 Å². The third kappa shape index (κ3) is 6.38. The fraction of sp³-hybridized carbons (Fsp3) is 0.154. The van der Waals surface area contributed by atoms with E-state index in [1.165, 1.54) is 24.4 Å². The minimum atomic E-state index is -1.33. The first-order chi connectivity index (χ1) is 17.2. The molecule has 2 N–H and O–H groups in total. The zero-order valence-corrected chi connectivity index (χ0v) is 19.7. The molecule has 3 aromatic rings. The van der Waals surface area contributed by atoms with E-state index in [1.54, 1.807) is 6.07 Å². The molecule has 0 aliphatic heterocycles. The topological polar surface area (TPSA) is 103 Å². The number of nitrogens with one attached hydrogen (secondary N) is 1. The molecule has 0 unspecified atom stereocenters. The van der Waals surface area contributed by atoms with Crippen LogP contribution in [0.1, 0.15) is 47.7 Å². The first-order valence-electron chi connectivity index (χ1n) is 10.5. The van der Waals surface area contributed by atoms with Gasteiger partial charge in [0.05, 0.1) is 17.3 Å². The van der Waals surface area contributed by atoms with Crippen LogP contribution in [0.15, 0.2) is 41.3 Å². The SMILES string of the molecule is C/C(=C\c1c(F)cc(C(=O)Nc2nc(-c3cccc(C#CCCCC#N)c3F)cs2)cc1F)C(=O)O. The number of carboxylic acids is 1. The molecule has 182 valence electrons. The summed E-state index contributed by atoms with van der Waals surface area (Å²) in [6, 6.07) is 8.22. The van der Waals surface area contributed by atoms with E-state index in [2.05, 4.69) is 22.1 Å². The number of benzene rings is 2. The lowest BCUT2D eigenvalue weighted by molar-refractivity contribution is -0.132. The maximum Gasteiger partial charge on any atom is 0.331 e. The number of thiazole rings is 1. The second-order valence-electron chi connectivity index (χ2n) is 7.46. The molecule has 0 radical (unpaired) electrons. The largest absolute Gasteiger partial charge is 0.478 e. The Kier molecular flexibility index (Phi) is 8.61. The molecule has 2 aromatic carbocycles. The van der Waals surface area contributed by atoms with Gasteiger partial charge in [-0.2, -0.15) is 5.26 Å². The van der Waals surface area contributed by atoms with Crippen LogP contribution in [-0.2, 0) is 4.79 Å². The highest BCUT2D eigenvalue weighted by atomic mass is 32.1. The molecule has 10 heteroatoms. The van der Waals surface area contributed by atoms with Crippen LogP contribution in [0.4, 0.5) is 18.3 Å². The van der Waals surface area contributed by atoms with Crippen LogP contribution in [0.3, 0.4) is 0 Å². The van der Waals surface area contributed by atoms with Gasteiger partial charge in [0.25, 0.3) is 5.91 Å². The van der Waals surface area contributed by atoms with Gasteiger partial charge < -0.3 is 5.11 Å². The van der Waals surface area contributed by atoms with Gasteiger partial charge in [0, 0.05) is 40.5 Å². The van der Waals surface area contributed by atoms with E-state index in [-0.39, 0.29) is 33.1 Å². The summed E-state index contributed by atoms with van der Waals surface area (Å²) in [5.41, 5.74) is -0.623. The van der Waals surface area contributed by atoms with Crippen molar-refractivity contribution in [2.24, 2.45) is 0 Å². The summed E-state index contributed by atoms with van der Waals surface area (Å²) in [7, 11) is 0. The molecule has 0 bridgehead atoms. The molecule has 0 aliphatic carbocycles. The number of carbonyl (C=O) groups is 2. The van der Waals surface area contributed by atoms with E-state index < -0.39 is 34.9 Å². The van der Waals surface area contributed by atoms with Gasteiger partial charge in [0.2, 0.25) is 0 Å². The lowest BCUT2D eigenvalue weighted by Gasteiger charge is -2.06. The van der Waals surface area contributed by atoms with E-state index >= 15 is 0 Å². The number of hydrogen-bond donors (Lipinski definition) is 2. The fourth-order valence-corrected chi connectivity index (χ4v) is 3.70. The van der Waals surface area contributed by atoms with Crippen molar-refractivity contribution in [2.45, 2.75) is 26.2 Å². The van der Waals surface area contributed by atoms with E-state index in [4.69, 9.17) is 10.4 Å². The summed E-state index contributed by atoms with van der Waals surface area (Å²) in [4.78, 5) is 27.6. The molecule has 6 nitrogen and oxygen atoms in total. The highest BCUT2D eigenvalue weighted by Crippen LogP contribution is 2.29. The van der Waals surface area contributed by atoms with Crippen molar-refractivity contribution in [2.75, 3.05) is 5.32 Å². The van der Waals surface area contributed by atoms with Crippen LogP contribution in [0.5, 0.6) is 0 Å². The standard InChI is InChI=1S/C26H18F3N3O3S/c1-15(25(34)35)11-19-20(27)12-17(13-21(19)28)24(33)32-26-31-22(14-36-26)18-9-6-8-16(23(18)29)7-4-2-3-5-10-30/h6,8-9,11-14H,2-3,5H2,1H3,(H,34,35)(H,31,32,33)/b15-11+. The number of nitriles is 1. The molecule has 0 atom stereocenters. The highest BCUT2D eigenvalue weighted by Gasteiger charge is 2.18. The van der Waals surface area contributed by atoms with Gasteiger partial charge in [-0.05, 0) is 43.7 Å². The van der Waals surface area contributed by atoms with Crippen molar-refractivity contribution >= 4 is 34.4 Å². The molecular weight excluding hydrogens is 491 g/mol. The molecule has 0 aliphatic rings. The van der Waals surface area contributed by atoms with Gasteiger partial charge in [-0.1, -0.05) is 17.9 Å². The normalized spacial score (nSPS) is 10.8. The minimum Gasteiger partial charge on any atom is -0.478 e. The van der Waals surface area contributed by atoms with Gasteiger partial charge in [-0.15, -0.1) is 11.3 Å². The Balaban J connectivity index is 1.78. The first kappa shape index (κ1) is 26.2. The van der Waals surface area contributed by atoms with Gasteiger partial charge in [0.1, 0.15) is 17.5 Å². The summed E-state index contributed by atoms with van der Waals surface area (Å²) in [6.45, 7) is 1.18. The summed E-state index contributed by atoms with van der Waals surface area (Å²) >= 11 is 0.993. The molecule has 0 spiro atoms. The number of halogens is 3. The number of aromatic nitrogens is 1. The number of rotatable bonds is 7. The van der Waals surface area contributed by atoms with Crippen molar-refractivity contribution in [3.05, 3.63) is 75.4 Å². The molecule has 1 aromatic heterocycles. The Morgan fingerprint density at radius 1 is 1.19 bits per heavy atom. The maximum atomic E-state index is 14.9. The number of carbonyl (C=O) groups excluding carboxylic acids is 1. The van der Waals surface area contributed by atoms with Crippen molar-refractivity contribution in [1.29, 1.82) is 5.26 Å².